The largest absolute Gasteiger partial charge is 0.467 e. The van der Waals surface area contributed by atoms with Crippen LogP contribution in [0.4, 0.5) is 4.39 Å². The van der Waals surface area contributed by atoms with Crippen molar-refractivity contribution in [3.63, 3.8) is 0 Å². The van der Waals surface area contributed by atoms with Crippen LogP contribution < -0.4 is 15.4 Å². The molecule has 5 nitrogen and oxygen atoms in total. The first-order valence-electron chi connectivity index (χ1n) is 10.2. The lowest BCUT2D eigenvalue weighted by Gasteiger charge is -2.55. The van der Waals surface area contributed by atoms with Crippen LogP contribution in [0.15, 0.2) is 48.5 Å². The number of carbonyl (C=O) groups excluding carboxylic acids is 2. The van der Waals surface area contributed by atoms with E-state index in [1.807, 2.05) is 18.2 Å². The van der Waals surface area contributed by atoms with Crippen molar-refractivity contribution in [3.05, 3.63) is 65.5 Å². The number of para-hydroxylation sites is 1. The lowest BCUT2D eigenvalue weighted by Crippen LogP contribution is -2.66. The number of amides is 2. The van der Waals surface area contributed by atoms with E-state index < -0.39 is 5.72 Å². The molecule has 29 heavy (non-hydrogen) atoms. The minimum absolute atomic E-state index is 0.0414. The summed E-state index contributed by atoms with van der Waals surface area (Å²) in [6.07, 6.45) is 3.14. The van der Waals surface area contributed by atoms with E-state index in [-0.39, 0.29) is 41.9 Å². The monoisotopic (exact) mass is 394 g/mol. The molecule has 4 atom stereocenters. The molecule has 2 N–H and O–H groups in total. The lowest BCUT2D eigenvalue weighted by molar-refractivity contribution is -0.146. The molecule has 2 amide bonds. The molecule has 0 radical (unpaired) electrons. The molecule has 1 heterocycles. The number of nitrogens with one attached hydrogen (secondary N) is 2. The van der Waals surface area contributed by atoms with Gasteiger partial charge in [0.15, 0.2) is 5.72 Å². The molecule has 150 valence electrons. The van der Waals surface area contributed by atoms with E-state index in [0.29, 0.717) is 29.7 Å². The summed E-state index contributed by atoms with van der Waals surface area (Å²) in [6, 6.07) is 13.8. The Bertz CT molecular complexity index is 978. The summed E-state index contributed by atoms with van der Waals surface area (Å²) in [4.78, 5) is 25.5. The Hall–Kier alpha value is -2.89. The standard InChI is InChI=1S/C23H23FN2O3/c24-19-7-3-1-5-15(19)13-25-21(27)18-11-16-10-9-14(18)12-23(16)26-22(28)17-6-2-4-8-20(17)29-23/h1-8,14,16,18H,9-13H2,(H,25,27)(H,26,28)/t14-,16+,18-,23+/m1/s1. The third kappa shape index (κ3) is 3.07. The van der Waals surface area contributed by atoms with Crippen molar-refractivity contribution in [1.29, 1.82) is 0 Å². The van der Waals surface area contributed by atoms with E-state index >= 15 is 0 Å². The molecule has 4 aliphatic rings. The molecular formula is C23H23FN2O3. The predicted molar refractivity (Wildman–Crippen MR) is 104 cm³/mol. The summed E-state index contributed by atoms with van der Waals surface area (Å²) >= 11 is 0. The van der Waals surface area contributed by atoms with Crippen molar-refractivity contribution >= 4 is 11.8 Å². The van der Waals surface area contributed by atoms with Crippen molar-refractivity contribution < 1.29 is 18.7 Å². The summed E-state index contributed by atoms with van der Waals surface area (Å²) < 4.78 is 20.1. The summed E-state index contributed by atoms with van der Waals surface area (Å²) in [5.41, 5.74) is 0.313. The molecule has 2 aromatic carbocycles. The van der Waals surface area contributed by atoms with Gasteiger partial charge in [0.25, 0.3) is 5.91 Å². The van der Waals surface area contributed by atoms with E-state index in [0.717, 1.165) is 12.8 Å². The minimum atomic E-state index is -0.726. The van der Waals surface area contributed by atoms with Crippen molar-refractivity contribution in [3.8, 4) is 5.75 Å². The number of hydrogen-bond donors (Lipinski definition) is 2. The average molecular weight is 394 g/mol. The molecule has 2 aromatic rings. The molecule has 3 aliphatic carbocycles. The molecular weight excluding hydrogens is 371 g/mol. The zero-order valence-electron chi connectivity index (χ0n) is 16.0. The third-order valence-corrected chi connectivity index (χ3v) is 6.71. The Balaban J connectivity index is 1.30. The van der Waals surface area contributed by atoms with Crippen molar-refractivity contribution in [2.45, 2.75) is 38.0 Å². The second kappa shape index (κ2) is 6.87. The van der Waals surface area contributed by atoms with Gasteiger partial charge in [-0.15, -0.1) is 0 Å². The molecule has 2 bridgehead atoms. The molecule has 3 saturated carbocycles. The third-order valence-electron chi connectivity index (χ3n) is 6.71. The Morgan fingerprint density at radius 3 is 2.76 bits per heavy atom. The predicted octanol–water partition coefficient (Wildman–Crippen LogP) is 3.40. The number of rotatable bonds is 3. The average Bonchev–Trinajstić information content (AvgIpc) is 2.73. The van der Waals surface area contributed by atoms with Gasteiger partial charge in [-0.3, -0.25) is 9.59 Å². The van der Waals surface area contributed by atoms with Gasteiger partial charge in [-0.1, -0.05) is 30.3 Å². The van der Waals surface area contributed by atoms with Gasteiger partial charge in [-0.05, 0) is 43.4 Å². The van der Waals surface area contributed by atoms with Gasteiger partial charge in [0.2, 0.25) is 5.91 Å². The highest BCUT2D eigenvalue weighted by Crippen LogP contribution is 2.52. The van der Waals surface area contributed by atoms with Crippen LogP contribution in [0.3, 0.4) is 0 Å². The maximum absolute atomic E-state index is 13.8. The SMILES string of the molecule is O=C1N[C@@]2(C[C@H]3CC[C@H]2C[C@H]3C(=O)NCc2ccccc2F)Oc2ccccc21. The fraction of sp³-hybridized carbons (Fsp3) is 0.391. The molecule has 1 aliphatic heterocycles. The van der Waals surface area contributed by atoms with Gasteiger partial charge < -0.3 is 15.4 Å². The molecule has 6 rings (SSSR count). The Kier molecular flexibility index (Phi) is 4.30. The van der Waals surface area contributed by atoms with E-state index in [1.54, 1.807) is 24.3 Å². The Labute approximate surface area is 168 Å². The summed E-state index contributed by atoms with van der Waals surface area (Å²) in [5, 5.41) is 6.00. The molecule has 0 aromatic heterocycles. The zero-order valence-corrected chi connectivity index (χ0v) is 16.0. The highest BCUT2D eigenvalue weighted by atomic mass is 19.1. The number of hydrogen-bond acceptors (Lipinski definition) is 3. The van der Waals surface area contributed by atoms with Gasteiger partial charge in [0, 0.05) is 30.4 Å². The number of carbonyl (C=O) groups is 2. The van der Waals surface area contributed by atoms with Gasteiger partial charge in [0.1, 0.15) is 11.6 Å². The number of ether oxygens (including phenoxy) is 1. The molecule has 0 unspecified atom stereocenters. The lowest BCUT2D eigenvalue weighted by atomic mass is 9.60. The summed E-state index contributed by atoms with van der Waals surface area (Å²) in [7, 11) is 0. The zero-order chi connectivity index (χ0) is 20.0. The number of benzene rings is 2. The molecule has 3 fully saturated rings. The quantitative estimate of drug-likeness (QED) is 0.839. The first kappa shape index (κ1) is 18.2. The van der Waals surface area contributed by atoms with E-state index in [2.05, 4.69) is 10.6 Å². The topological polar surface area (TPSA) is 67.4 Å². The van der Waals surface area contributed by atoms with Crippen LogP contribution in [0, 0.1) is 23.6 Å². The van der Waals surface area contributed by atoms with Gasteiger partial charge in [0.05, 0.1) is 5.56 Å². The highest BCUT2D eigenvalue weighted by Gasteiger charge is 2.57. The van der Waals surface area contributed by atoms with E-state index in [1.165, 1.54) is 6.07 Å². The minimum Gasteiger partial charge on any atom is -0.467 e. The maximum Gasteiger partial charge on any atom is 0.258 e. The first-order chi connectivity index (χ1) is 14.1. The second-order valence-corrected chi connectivity index (χ2v) is 8.33. The van der Waals surface area contributed by atoms with Crippen LogP contribution in [-0.2, 0) is 11.3 Å². The number of halogens is 1. The van der Waals surface area contributed by atoms with Crippen molar-refractivity contribution in [2.24, 2.45) is 17.8 Å². The van der Waals surface area contributed by atoms with Crippen molar-refractivity contribution in [2.75, 3.05) is 0 Å². The van der Waals surface area contributed by atoms with Crippen LogP contribution in [0.2, 0.25) is 0 Å². The highest BCUT2D eigenvalue weighted by molar-refractivity contribution is 5.98. The Morgan fingerprint density at radius 1 is 1.17 bits per heavy atom. The fourth-order valence-corrected chi connectivity index (χ4v) is 5.24. The van der Waals surface area contributed by atoms with Crippen LogP contribution in [-0.4, -0.2) is 17.5 Å². The smallest absolute Gasteiger partial charge is 0.258 e. The van der Waals surface area contributed by atoms with E-state index in [4.69, 9.17) is 4.74 Å². The van der Waals surface area contributed by atoms with Crippen LogP contribution in [0.5, 0.6) is 5.75 Å². The second-order valence-electron chi connectivity index (χ2n) is 8.33. The summed E-state index contributed by atoms with van der Waals surface area (Å²) in [6.45, 7) is 0.186. The van der Waals surface area contributed by atoms with Crippen LogP contribution in [0.1, 0.15) is 41.6 Å². The van der Waals surface area contributed by atoms with Crippen molar-refractivity contribution in [1.82, 2.24) is 10.6 Å². The normalized spacial score (nSPS) is 29.7. The van der Waals surface area contributed by atoms with Crippen LogP contribution >= 0.6 is 0 Å². The Morgan fingerprint density at radius 2 is 1.97 bits per heavy atom. The molecule has 1 spiro atoms. The first-order valence-corrected chi connectivity index (χ1v) is 10.2. The fourth-order valence-electron chi connectivity index (χ4n) is 5.24. The summed E-state index contributed by atoms with van der Waals surface area (Å²) in [5.74, 6) is 0.225. The number of fused-ring (bicyclic) bond motifs is 3. The van der Waals surface area contributed by atoms with Gasteiger partial charge in [-0.2, -0.15) is 0 Å². The van der Waals surface area contributed by atoms with E-state index in [9.17, 15) is 14.0 Å². The molecule has 6 heteroatoms. The molecule has 0 saturated heterocycles. The van der Waals surface area contributed by atoms with Gasteiger partial charge in [-0.25, -0.2) is 4.39 Å². The van der Waals surface area contributed by atoms with Gasteiger partial charge >= 0.3 is 0 Å². The van der Waals surface area contributed by atoms with Crippen LogP contribution in [0.25, 0.3) is 0 Å². The maximum atomic E-state index is 13.8.